The summed E-state index contributed by atoms with van der Waals surface area (Å²) in [4.78, 5) is 0. The van der Waals surface area contributed by atoms with E-state index in [1.165, 1.54) is 0 Å². The minimum atomic E-state index is 0.852. The van der Waals surface area contributed by atoms with Crippen molar-refractivity contribution in [3.05, 3.63) is 11.4 Å². The molecule has 0 saturated heterocycles. The molecular weight excluding hydrogens is 126 g/mol. The second-order valence-corrected chi connectivity index (χ2v) is 2.18. The molecule has 2 N–H and O–H groups in total. The Balaban J connectivity index is 4.14. The van der Waals surface area contributed by atoms with Gasteiger partial charge in [0.1, 0.15) is 0 Å². The Hall–Kier alpha value is -0.860. The zero-order valence-electron chi connectivity index (χ0n) is 6.86. The van der Waals surface area contributed by atoms with E-state index >= 15 is 0 Å². The van der Waals surface area contributed by atoms with Crippen LogP contribution in [0.25, 0.3) is 0 Å². The van der Waals surface area contributed by atoms with Gasteiger partial charge in [-0.2, -0.15) is 5.11 Å². The number of hydrogen-bond acceptors (Lipinski definition) is 3. The van der Waals surface area contributed by atoms with Gasteiger partial charge in [0.2, 0.25) is 0 Å². The van der Waals surface area contributed by atoms with E-state index in [9.17, 15) is 0 Å². The molecule has 0 unspecified atom stereocenters. The summed E-state index contributed by atoms with van der Waals surface area (Å²) in [5.74, 6) is 0. The van der Waals surface area contributed by atoms with E-state index in [4.69, 9.17) is 5.53 Å². The highest BCUT2D eigenvalue weighted by Gasteiger charge is 1.96. The first-order valence-corrected chi connectivity index (χ1v) is 3.51. The van der Waals surface area contributed by atoms with Crippen LogP contribution in [-0.2, 0) is 0 Å². The summed E-state index contributed by atoms with van der Waals surface area (Å²) in [5.41, 5.74) is 8.67. The second kappa shape index (κ2) is 4.97. The fourth-order valence-electron chi connectivity index (χ4n) is 0.708. The Morgan fingerprint density at radius 2 is 2.20 bits per heavy atom. The first kappa shape index (κ1) is 9.14. The SMILES string of the molecule is CCCC(N=N)=C(C)NC. The van der Waals surface area contributed by atoms with Crippen LogP contribution in [0.4, 0.5) is 0 Å². The summed E-state index contributed by atoms with van der Waals surface area (Å²) in [6.07, 6.45) is 1.92. The molecule has 0 atom stereocenters. The van der Waals surface area contributed by atoms with Crippen molar-refractivity contribution in [1.29, 1.82) is 5.53 Å². The van der Waals surface area contributed by atoms with Gasteiger partial charge in [0.15, 0.2) is 0 Å². The van der Waals surface area contributed by atoms with E-state index in [0.29, 0.717) is 0 Å². The van der Waals surface area contributed by atoms with Crippen LogP contribution in [0, 0.1) is 5.53 Å². The quantitative estimate of drug-likeness (QED) is 0.580. The zero-order valence-corrected chi connectivity index (χ0v) is 6.86. The van der Waals surface area contributed by atoms with E-state index in [1.807, 2.05) is 14.0 Å². The molecule has 0 aliphatic carbocycles. The fraction of sp³-hybridized carbons (Fsp3) is 0.714. The average Bonchev–Trinajstić information content (AvgIpc) is 1.99. The molecule has 0 amide bonds. The fourth-order valence-corrected chi connectivity index (χ4v) is 0.708. The van der Waals surface area contributed by atoms with Crippen LogP contribution in [0.5, 0.6) is 0 Å². The van der Waals surface area contributed by atoms with Gasteiger partial charge in [-0.1, -0.05) is 13.3 Å². The molecule has 0 aromatic carbocycles. The highest BCUT2D eigenvalue weighted by molar-refractivity contribution is 5.06. The van der Waals surface area contributed by atoms with Crippen LogP contribution < -0.4 is 5.32 Å². The molecule has 0 rings (SSSR count). The maximum absolute atomic E-state index is 6.82. The maximum atomic E-state index is 6.82. The average molecular weight is 141 g/mol. The first-order chi connectivity index (χ1) is 4.76. The molecule has 0 bridgehead atoms. The van der Waals surface area contributed by atoms with Gasteiger partial charge in [0.05, 0.1) is 5.70 Å². The summed E-state index contributed by atoms with van der Waals surface area (Å²) >= 11 is 0. The van der Waals surface area contributed by atoms with Gasteiger partial charge < -0.3 is 5.32 Å². The molecule has 0 radical (unpaired) electrons. The van der Waals surface area contributed by atoms with Crippen molar-refractivity contribution < 1.29 is 0 Å². The molecule has 10 heavy (non-hydrogen) atoms. The van der Waals surface area contributed by atoms with Gasteiger partial charge in [-0.15, -0.1) is 0 Å². The molecule has 0 aliphatic heterocycles. The van der Waals surface area contributed by atoms with Crippen LogP contribution >= 0.6 is 0 Å². The number of nitrogens with zero attached hydrogens (tertiary/aromatic N) is 1. The van der Waals surface area contributed by atoms with E-state index in [0.717, 1.165) is 24.2 Å². The maximum Gasteiger partial charge on any atom is 0.0809 e. The third kappa shape index (κ3) is 2.62. The van der Waals surface area contributed by atoms with Gasteiger partial charge in [0, 0.05) is 12.7 Å². The Morgan fingerprint density at radius 3 is 2.50 bits per heavy atom. The van der Waals surface area contributed by atoms with Crippen molar-refractivity contribution in [3.63, 3.8) is 0 Å². The van der Waals surface area contributed by atoms with Crippen molar-refractivity contribution in [1.82, 2.24) is 5.32 Å². The molecule has 58 valence electrons. The van der Waals surface area contributed by atoms with Crippen LogP contribution in [0.3, 0.4) is 0 Å². The van der Waals surface area contributed by atoms with Crippen LogP contribution in [-0.4, -0.2) is 7.05 Å². The summed E-state index contributed by atoms with van der Waals surface area (Å²) < 4.78 is 0. The zero-order chi connectivity index (χ0) is 7.98. The molecule has 0 heterocycles. The van der Waals surface area contributed by atoms with E-state index in [1.54, 1.807) is 0 Å². The summed E-state index contributed by atoms with van der Waals surface area (Å²) in [7, 11) is 1.84. The molecule has 0 aliphatic rings. The van der Waals surface area contributed by atoms with Crippen molar-refractivity contribution in [2.75, 3.05) is 7.05 Å². The number of rotatable bonds is 4. The standard InChI is InChI=1S/C7H15N3/c1-4-5-7(10-8)6(2)9-3/h8-9H,4-5H2,1-3H3. The lowest BCUT2D eigenvalue weighted by Gasteiger charge is -2.03. The van der Waals surface area contributed by atoms with Crippen molar-refractivity contribution in [2.24, 2.45) is 5.11 Å². The smallest absolute Gasteiger partial charge is 0.0809 e. The van der Waals surface area contributed by atoms with Crippen LogP contribution in [0.2, 0.25) is 0 Å². The lowest BCUT2D eigenvalue weighted by Crippen LogP contribution is -2.04. The van der Waals surface area contributed by atoms with Gasteiger partial charge >= 0.3 is 0 Å². The summed E-state index contributed by atoms with van der Waals surface area (Å²) in [6, 6.07) is 0. The third-order valence-electron chi connectivity index (χ3n) is 1.43. The van der Waals surface area contributed by atoms with Gasteiger partial charge in [-0.25, -0.2) is 5.53 Å². The number of allylic oxidation sites excluding steroid dienone is 2. The molecule has 0 aromatic rings. The van der Waals surface area contributed by atoms with Crippen LogP contribution in [0.1, 0.15) is 26.7 Å². The molecule has 0 fully saturated rings. The van der Waals surface area contributed by atoms with Crippen LogP contribution in [0.15, 0.2) is 16.5 Å². The van der Waals surface area contributed by atoms with Gasteiger partial charge in [-0.05, 0) is 13.3 Å². The molecule has 0 saturated carbocycles. The van der Waals surface area contributed by atoms with Crippen molar-refractivity contribution >= 4 is 0 Å². The molecule has 0 spiro atoms. The van der Waals surface area contributed by atoms with E-state index in [2.05, 4.69) is 17.4 Å². The predicted molar refractivity (Wildman–Crippen MR) is 41.8 cm³/mol. The Bertz CT molecular complexity index is 138. The number of hydrogen-bond donors (Lipinski definition) is 2. The predicted octanol–water partition coefficient (Wildman–Crippen LogP) is 2.27. The minimum absolute atomic E-state index is 0.852. The van der Waals surface area contributed by atoms with E-state index in [-0.39, 0.29) is 0 Å². The largest absolute Gasteiger partial charge is 0.390 e. The molecule has 3 nitrogen and oxygen atoms in total. The highest BCUT2D eigenvalue weighted by atomic mass is 15.0. The number of nitrogens with one attached hydrogen (secondary N) is 2. The summed E-state index contributed by atoms with van der Waals surface area (Å²) in [6.45, 7) is 4.01. The normalized spacial score (nSPS) is 12.3. The second-order valence-electron chi connectivity index (χ2n) is 2.18. The minimum Gasteiger partial charge on any atom is -0.390 e. The molecule has 0 aromatic heterocycles. The summed E-state index contributed by atoms with van der Waals surface area (Å²) in [5, 5.41) is 6.38. The third-order valence-corrected chi connectivity index (χ3v) is 1.43. The molecular formula is C7H15N3. The Morgan fingerprint density at radius 1 is 1.60 bits per heavy atom. The lowest BCUT2D eigenvalue weighted by molar-refractivity contribution is 0.808. The van der Waals surface area contributed by atoms with E-state index < -0.39 is 0 Å². The highest BCUT2D eigenvalue weighted by Crippen LogP contribution is 2.09. The first-order valence-electron chi connectivity index (χ1n) is 3.51. The Kier molecular flexibility index (Phi) is 4.54. The Labute approximate surface area is 62.0 Å². The topological polar surface area (TPSA) is 48.2 Å². The van der Waals surface area contributed by atoms with Crippen molar-refractivity contribution in [3.8, 4) is 0 Å². The monoisotopic (exact) mass is 141 g/mol. The molecule has 3 heteroatoms. The van der Waals surface area contributed by atoms with Gasteiger partial charge in [0.25, 0.3) is 0 Å². The lowest BCUT2D eigenvalue weighted by atomic mass is 10.2. The van der Waals surface area contributed by atoms with Crippen molar-refractivity contribution in [2.45, 2.75) is 26.7 Å². The van der Waals surface area contributed by atoms with Gasteiger partial charge in [-0.3, -0.25) is 0 Å².